The lowest BCUT2D eigenvalue weighted by molar-refractivity contribution is -0.150. The molecule has 1 aliphatic rings. The quantitative estimate of drug-likeness (QED) is 0.811. The first-order valence-electron chi connectivity index (χ1n) is 6.93. The van der Waals surface area contributed by atoms with Crippen LogP contribution in [0.4, 0.5) is 0 Å². The summed E-state index contributed by atoms with van der Waals surface area (Å²) in [4.78, 5) is 11.8. The lowest BCUT2D eigenvalue weighted by Crippen LogP contribution is -2.54. The lowest BCUT2D eigenvalue weighted by Gasteiger charge is -2.44. The Morgan fingerprint density at radius 2 is 2.05 bits per heavy atom. The molecule has 2 aromatic rings. The van der Waals surface area contributed by atoms with Crippen LogP contribution in [0, 0.1) is 5.41 Å². The van der Waals surface area contributed by atoms with Gasteiger partial charge in [0.05, 0.1) is 9.89 Å². The van der Waals surface area contributed by atoms with E-state index >= 15 is 0 Å². The first kappa shape index (κ1) is 13.6. The zero-order valence-electron chi connectivity index (χ0n) is 11.7. The molecule has 2 atom stereocenters. The van der Waals surface area contributed by atoms with E-state index in [0.29, 0.717) is 12.2 Å². The van der Waals surface area contributed by atoms with Crippen molar-refractivity contribution in [2.24, 2.45) is 5.41 Å². The highest BCUT2D eigenvalue weighted by Gasteiger charge is 2.51. The number of hydrogen-bond donors (Lipinski definition) is 0. The number of ether oxygens (including phenoxy) is 1. The van der Waals surface area contributed by atoms with Gasteiger partial charge in [0, 0.05) is 6.42 Å². The van der Waals surface area contributed by atoms with Crippen LogP contribution >= 0.6 is 15.9 Å². The predicted octanol–water partition coefficient (Wildman–Crippen LogP) is 4.74. The van der Waals surface area contributed by atoms with Gasteiger partial charge < -0.3 is 4.74 Å². The third-order valence-electron chi connectivity index (χ3n) is 4.55. The van der Waals surface area contributed by atoms with Crippen LogP contribution < -0.4 is 4.74 Å². The first-order chi connectivity index (χ1) is 9.56. The topological polar surface area (TPSA) is 26.3 Å². The van der Waals surface area contributed by atoms with Gasteiger partial charge in [-0.2, -0.15) is 0 Å². The fourth-order valence-corrected chi connectivity index (χ4v) is 3.32. The average molecular weight is 333 g/mol. The van der Waals surface area contributed by atoms with Gasteiger partial charge in [-0.05, 0) is 46.1 Å². The predicted molar refractivity (Wildman–Crippen MR) is 84.1 cm³/mol. The molecule has 2 nitrogen and oxygen atoms in total. The highest BCUT2D eigenvalue weighted by Crippen LogP contribution is 2.44. The van der Waals surface area contributed by atoms with Crippen LogP contribution in [0.25, 0.3) is 10.8 Å². The normalized spacial score (nSPS) is 25.6. The summed E-state index contributed by atoms with van der Waals surface area (Å²) in [5.74, 6) is 1.13. The molecule has 2 aromatic carbocycles. The second-order valence-electron chi connectivity index (χ2n) is 5.60. The van der Waals surface area contributed by atoms with Crippen molar-refractivity contribution in [3.05, 3.63) is 40.9 Å². The zero-order chi connectivity index (χ0) is 14.3. The van der Waals surface area contributed by atoms with Crippen LogP contribution in [-0.4, -0.2) is 11.9 Å². The average Bonchev–Trinajstić information content (AvgIpc) is 2.48. The Morgan fingerprint density at radius 1 is 1.30 bits per heavy atom. The minimum Gasteiger partial charge on any atom is -0.488 e. The lowest BCUT2D eigenvalue weighted by atomic mass is 9.64. The molecule has 0 N–H and O–H groups in total. The van der Waals surface area contributed by atoms with Crippen molar-refractivity contribution in [3.63, 3.8) is 0 Å². The summed E-state index contributed by atoms with van der Waals surface area (Å²) in [6.07, 6.45) is 1.32. The smallest absolute Gasteiger partial charge is 0.146 e. The van der Waals surface area contributed by atoms with Crippen LogP contribution in [0.15, 0.2) is 40.9 Å². The maximum atomic E-state index is 11.8. The molecule has 2 unspecified atom stereocenters. The van der Waals surface area contributed by atoms with Gasteiger partial charge in [-0.25, -0.2) is 0 Å². The molecule has 0 heterocycles. The van der Waals surface area contributed by atoms with Crippen LogP contribution in [0.1, 0.15) is 26.7 Å². The molecule has 0 spiro atoms. The standard InChI is InChI=1S/C17H17BrO2/c1-3-17(2)14(19)10-15(17)20-13-9-8-11-6-4-5-7-12(11)16(13)18/h4-9,15H,3,10H2,1-2H3. The molecule has 1 saturated carbocycles. The third kappa shape index (κ3) is 1.96. The summed E-state index contributed by atoms with van der Waals surface area (Å²) in [6.45, 7) is 4.04. The number of ketones is 1. The maximum absolute atomic E-state index is 11.8. The van der Waals surface area contributed by atoms with Crippen molar-refractivity contribution in [2.45, 2.75) is 32.8 Å². The van der Waals surface area contributed by atoms with Crippen molar-refractivity contribution in [2.75, 3.05) is 0 Å². The number of carbonyl (C=O) groups excluding carboxylic acids is 1. The van der Waals surface area contributed by atoms with Crippen LogP contribution in [0.2, 0.25) is 0 Å². The molecule has 0 aliphatic heterocycles. The second kappa shape index (κ2) is 4.88. The molecular formula is C17H17BrO2. The molecule has 0 radical (unpaired) electrons. The number of hydrogen-bond acceptors (Lipinski definition) is 2. The molecule has 0 bridgehead atoms. The van der Waals surface area contributed by atoms with Gasteiger partial charge in [0.15, 0.2) is 0 Å². The number of rotatable bonds is 3. The molecule has 1 aliphatic carbocycles. The van der Waals surface area contributed by atoms with Gasteiger partial charge in [0.1, 0.15) is 17.6 Å². The Bertz CT molecular complexity index is 680. The van der Waals surface area contributed by atoms with E-state index in [1.54, 1.807) is 0 Å². The number of Topliss-reactive ketones (excluding diaryl/α,β-unsaturated/α-hetero) is 1. The number of fused-ring (bicyclic) bond motifs is 1. The maximum Gasteiger partial charge on any atom is 0.146 e. The monoisotopic (exact) mass is 332 g/mol. The molecule has 3 rings (SSSR count). The van der Waals surface area contributed by atoms with Gasteiger partial charge >= 0.3 is 0 Å². The van der Waals surface area contributed by atoms with E-state index in [1.165, 1.54) is 5.39 Å². The number of halogens is 1. The summed E-state index contributed by atoms with van der Waals surface area (Å²) in [6, 6.07) is 12.2. The number of benzene rings is 2. The van der Waals surface area contributed by atoms with E-state index in [0.717, 1.165) is 22.0 Å². The van der Waals surface area contributed by atoms with Crippen LogP contribution in [-0.2, 0) is 4.79 Å². The van der Waals surface area contributed by atoms with Gasteiger partial charge in [0.2, 0.25) is 0 Å². The van der Waals surface area contributed by atoms with E-state index < -0.39 is 0 Å². The Hall–Kier alpha value is -1.35. The summed E-state index contributed by atoms with van der Waals surface area (Å²) in [7, 11) is 0. The fourth-order valence-electron chi connectivity index (χ4n) is 2.73. The third-order valence-corrected chi connectivity index (χ3v) is 5.37. The first-order valence-corrected chi connectivity index (χ1v) is 7.73. The zero-order valence-corrected chi connectivity index (χ0v) is 13.2. The van der Waals surface area contributed by atoms with Crippen molar-refractivity contribution >= 4 is 32.5 Å². The Kier molecular flexibility index (Phi) is 3.33. The van der Waals surface area contributed by atoms with E-state index in [1.807, 2.05) is 32.0 Å². The van der Waals surface area contributed by atoms with Crippen LogP contribution in [0.3, 0.4) is 0 Å². The van der Waals surface area contributed by atoms with Crippen molar-refractivity contribution in [1.29, 1.82) is 0 Å². The van der Waals surface area contributed by atoms with Gasteiger partial charge in [-0.1, -0.05) is 37.3 Å². The van der Waals surface area contributed by atoms with Gasteiger partial charge in [-0.15, -0.1) is 0 Å². The van der Waals surface area contributed by atoms with Crippen molar-refractivity contribution < 1.29 is 9.53 Å². The molecule has 104 valence electrons. The summed E-state index contributed by atoms with van der Waals surface area (Å²) >= 11 is 3.63. The van der Waals surface area contributed by atoms with Crippen LogP contribution in [0.5, 0.6) is 5.75 Å². The number of carbonyl (C=O) groups is 1. The van der Waals surface area contributed by atoms with Crippen molar-refractivity contribution in [3.8, 4) is 5.75 Å². The Morgan fingerprint density at radius 3 is 2.75 bits per heavy atom. The van der Waals surface area contributed by atoms with E-state index in [9.17, 15) is 4.79 Å². The minimum absolute atomic E-state index is 0.0162. The van der Waals surface area contributed by atoms with E-state index in [-0.39, 0.29) is 11.5 Å². The summed E-state index contributed by atoms with van der Waals surface area (Å²) in [5, 5.41) is 2.31. The highest BCUT2D eigenvalue weighted by molar-refractivity contribution is 9.10. The van der Waals surface area contributed by atoms with E-state index in [4.69, 9.17) is 4.74 Å². The minimum atomic E-state index is -0.328. The fraction of sp³-hybridized carbons (Fsp3) is 0.353. The Balaban J connectivity index is 1.93. The SMILES string of the molecule is CCC1(C)C(=O)CC1Oc1ccc2ccccc2c1Br. The molecule has 0 amide bonds. The summed E-state index contributed by atoms with van der Waals surface area (Å²) < 4.78 is 7.06. The molecule has 0 saturated heterocycles. The largest absolute Gasteiger partial charge is 0.488 e. The van der Waals surface area contributed by atoms with Crippen molar-refractivity contribution in [1.82, 2.24) is 0 Å². The van der Waals surface area contributed by atoms with Gasteiger partial charge in [-0.3, -0.25) is 4.79 Å². The Labute approximate surface area is 127 Å². The molecule has 0 aromatic heterocycles. The molecular weight excluding hydrogens is 316 g/mol. The molecule has 3 heteroatoms. The van der Waals surface area contributed by atoms with E-state index in [2.05, 4.69) is 34.1 Å². The molecule has 1 fully saturated rings. The second-order valence-corrected chi connectivity index (χ2v) is 6.40. The molecule has 20 heavy (non-hydrogen) atoms. The summed E-state index contributed by atoms with van der Waals surface area (Å²) in [5.41, 5.74) is -0.328. The van der Waals surface area contributed by atoms with Gasteiger partial charge in [0.25, 0.3) is 0 Å². The highest BCUT2D eigenvalue weighted by atomic mass is 79.9.